The van der Waals surface area contributed by atoms with E-state index in [1.807, 2.05) is 0 Å². The van der Waals surface area contributed by atoms with E-state index in [1.54, 1.807) is 0 Å². The summed E-state index contributed by atoms with van der Waals surface area (Å²) in [7, 11) is 1.23. The van der Waals surface area contributed by atoms with E-state index in [9.17, 15) is 14.3 Å². The van der Waals surface area contributed by atoms with Crippen LogP contribution in [-0.2, 0) is 0 Å². The van der Waals surface area contributed by atoms with Crippen molar-refractivity contribution in [1.29, 1.82) is 0 Å². The SMILES string of the molecule is COc1c(C(=O)CCN)cc(Br)c(O)c1F. The Kier molecular flexibility index (Phi) is 4.26. The summed E-state index contributed by atoms with van der Waals surface area (Å²) in [5.41, 5.74) is 5.31. The Morgan fingerprint density at radius 2 is 2.31 bits per heavy atom. The van der Waals surface area contributed by atoms with Gasteiger partial charge in [0.05, 0.1) is 17.1 Å². The highest BCUT2D eigenvalue weighted by Gasteiger charge is 2.21. The van der Waals surface area contributed by atoms with Crippen LogP contribution < -0.4 is 10.5 Å². The number of hydrogen-bond donors (Lipinski definition) is 2. The summed E-state index contributed by atoms with van der Waals surface area (Å²) >= 11 is 2.95. The first kappa shape index (κ1) is 12.9. The van der Waals surface area contributed by atoms with E-state index < -0.39 is 11.6 Å². The Balaban J connectivity index is 3.33. The first-order chi connectivity index (χ1) is 7.52. The van der Waals surface area contributed by atoms with Gasteiger partial charge in [0.2, 0.25) is 5.82 Å². The number of aromatic hydroxyl groups is 1. The van der Waals surface area contributed by atoms with Crippen molar-refractivity contribution >= 4 is 21.7 Å². The van der Waals surface area contributed by atoms with Gasteiger partial charge in [0.25, 0.3) is 0 Å². The second kappa shape index (κ2) is 5.27. The molecule has 0 aromatic heterocycles. The number of methoxy groups -OCH3 is 1. The van der Waals surface area contributed by atoms with Crippen LogP contribution in [0.25, 0.3) is 0 Å². The molecule has 4 nitrogen and oxygen atoms in total. The van der Waals surface area contributed by atoms with Crippen molar-refractivity contribution in [1.82, 2.24) is 0 Å². The number of ether oxygens (including phenoxy) is 1. The van der Waals surface area contributed by atoms with Gasteiger partial charge in [-0.05, 0) is 28.5 Å². The maximum atomic E-state index is 13.5. The highest BCUT2D eigenvalue weighted by atomic mass is 79.9. The Labute approximate surface area is 100 Å². The molecule has 6 heteroatoms. The summed E-state index contributed by atoms with van der Waals surface area (Å²) in [5, 5.41) is 9.32. The number of rotatable bonds is 4. The molecule has 0 radical (unpaired) electrons. The van der Waals surface area contributed by atoms with Crippen molar-refractivity contribution in [3.63, 3.8) is 0 Å². The Bertz CT molecular complexity index is 423. The van der Waals surface area contributed by atoms with Crippen LogP contribution in [0.4, 0.5) is 4.39 Å². The van der Waals surface area contributed by atoms with E-state index in [0.717, 1.165) is 0 Å². The van der Waals surface area contributed by atoms with Crippen LogP contribution in [-0.4, -0.2) is 24.5 Å². The number of carbonyl (C=O) groups is 1. The van der Waals surface area contributed by atoms with Crippen molar-refractivity contribution in [2.24, 2.45) is 5.73 Å². The molecule has 1 aromatic rings. The van der Waals surface area contributed by atoms with Crippen LogP contribution in [0.5, 0.6) is 11.5 Å². The fourth-order valence-electron chi connectivity index (χ4n) is 1.26. The molecular weight excluding hydrogens is 281 g/mol. The highest BCUT2D eigenvalue weighted by Crippen LogP contribution is 2.36. The Morgan fingerprint density at radius 1 is 1.69 bits per heavy atom. The lowest BCUT2D eigenvalue weighted by Gasteiger charge is -2.10. The third-order valence-electron chi connectivity index (χ3n) is 2.03. The lowest BCUT2D eigenvalue weighted by molar-refractivity contribution is 0.0981. The molecule has 0 unspecified atom stereocenters. The number of benzene rings is 1. The van der Waals surface area contributed by atoms with Gasteiger partial charge >= 0.3 is 0 Å². The number of ketones is 1. The topological polar surface area (TPSA) is 72.5 Å². The van der Waals surface area contributed by atoms with Crippen LogP contribution >= 0.6 is 15.9 Å². The second-order valence-electron chi connectivity index (χ2n) is 3.06. The van der Waals surface area contributed by atoms with E-state index in [-0.39, 0.29) is 34.5 Å². The number of phenols is 1. The molecule has 0 bridgehead atoms. The van der Waals surface area contributed by atoms with E-state index in [1.165, 1.54) is 13.2 Å². The summed E-state index contributed by atoms with van der Waals surface area (Å²) in [6.07, 6.45) is 0.0903. The van der Waals surface area contributed by atoms with Gasteiger partial charge in [-0.2, -0.15) is 4.39 Å². The van der Waals surface area contributed by atoms with Gasteiger partial charge in [0.1, 0.15) is 0 Å². The molecular formula is C10H11BrFNO3. The third kappa shape index (κ3) is 2.33. The predicted octanol–water partition coefficient (Wildman–Crippen LogP) is 1.83. The molecule has 0 fully saturated rings. The van der Waals surface area contributed by atoms with E-state index in [4.69, 9.17) is 10.5 Å². The van der Waals surface area contributed by atoms with Crippen LogP contribution in [0.1, 0.15) is 16.8 Å². The Hall–Kier alpha value is -1.14. The van der Waals surface area contributed by atoms with Gasteiger partial charge in [-0.25, -0.2) is 0 Å². The van der Waals surface area contributed by atoms with E-state index in [0.29, 0.717) is 0 Å². The van der Waals surface area contributed by atoms with E-state index in [2.05, 4.69) is 15.9 Å². The van der Waals surface area contributed by atoms with Gasteiger partial charge in [0.15, 0.2) is 17.3 Å². The van der Waals surface area contributed by atoms with Crippen molar-refractivity contribution in [3.05, 3.63) is 21.9 Å². The zero-order valence-electron chi connectivity index (χ0n) is 8.59. The van der Waals surface area contributed by atoms with Gasteiger partial charge in [-0.1, -0.05) is 0 Å². The standard InChI is InChI=1S/C10H11BrFNO3/c1-16-10-5(7(14)2-3-13)4-6(11)9(15)8(10)12/h4,15H,2-3,13H2,1H3. The molecule has 1 aromatic carbocycles. The zero-order valence-corrected chi connectivity index (χ0v) is 10.2. The molecule has 16 heavy (non-hydrogen) atoms. The molecule has 0 aliphatic carbocycles. The molecule has 0 heterocycles. The molecule has 0 amide bonds. The monoisotopic (exact) mass is 291 g/mol. The quantitative estimate of drug-likeness (QED) is 0.830. The fourth-order valence-corrected chi connectivity index (χ4v) is 1.67. The highest BCUT2D eigenvalue weighted by molar-refractivity contribution is 9.10. The number of phenolic OH excluding ortho intramolecular Hbond substituents is 1. The molecule has 0 atom stereocenters. The normalized spacial score (nSPS) is 10.2. The second-order valence-corrected chi connectivity index (χ2v) is 3.92. The molecule has 88 valence electrons. The lowest BCUT2D eigenvalue weighted by atomic mass is 10.1. The number of hydrogen-bond acceptors (Lipinski definition) is 4. The average molecular weight is 292 g/mol. The minimum Gasteiger partial charge on any atom is -0.504 e. The third-order valence-corrected chi connectivity index (χ3v) is 2.63. The number of nitrogens with two attached hydrogens (primary N) is 1. The first-order valence-electron chi connectivity index (χ1n) is 4.51. The molecule has 0 spiro atoms. The maximum absolute atomic E-state index is 13.5. The molecule has 0 saturated heterocycles. The zero-order chi connectivity index (χ0) is 12.3. The number of carbonyl (C=O) groups excluding carboxylic acids is 1. The van der Waals surface area contributed by atoms with Crippen LogP contribution in [0.15, 0.2) is 10.5 Å². The van der Waals surface area contributed by atoms with Gasteiger partial charge in [0, 0.05) is 6.42 Å². The van der Waals surface area contributed by atoms with Crippen molar-refractivity contribution < 1.29 is 19.0 Å². The minimum absolute atomic E-state index is 0.0649. The molecule has 1 rings (SSSR count). The van der Waals surface area contributed by atoms with Crippen molar-refractivity contribution in [2.75, 3.05) is 13.7 Å². The van der Waals surface area contributed by atoms with Crippen LogP contribution in [0.2, 0.25) is 0 Å². The summed E-state index contributed by atoms with van der Waals surface area (Å²) in [5.74, 6) is -2.14. The largest absolute Gasteiger partial charge is 0.504 e. The van der Waals surface area contributed by atoms with Gasteiger partial charge < -0.3 is 15.6 Å². The Morgan fingerprint density at radius 3 is 2.81 bits per heavy atom. The summed E-state index contributed by atoms with van der Waals surface area (Å²) in [6, 6.07) is 1.31. The molecule has 0 saturated carbocycles. The van der Waals surface area contributed by atoms with E-state index >= 15 is 0 Å². The van der Waals surface area contributed by atoms with Crippen molar-refractivity contribution in [3.8, 4) is 11.5 Å². The molecule has 0 aliphatic heterocycles. The van der Waals surface area contributed by atoms with Gasteiger partial charge in [-0.3, -0.25) is 4.79 Å². The van der Waals surface area contributed by atoms with Crippen LogP contribution in [0, 0.1) is 5.82 Å². The number of Topliss-reactive ketones (excluding diaryl/α,β-unsaturated/α-hetero) is 1. The number of halogens is 2. The summed E-state index contributed by atoms with van der Waals surface area (Å²) < 4.78 is 18.4. The lowest BCUT2D eigenvalue weighted by Crippen LogP contribution is -2.10. The smallest absolute Gasteiger partial charge is 0.208 e. The minimum atomic E-state index is -0.961. The van der Waals surface area contributed by atoms with Crippen molar-refractivity contribution in [2.45, 2.75) is 6.42 Å². The van der Waals surface area contributed by atoms with Crippen LogP contribution in [0.3, 0.4) is 0 Å². The maximum Gasteiger partial charge on any atom is 0.208 e. The summed E-state index contributed by atoms with van der Waals surface area (Å²) in [6.45, 7) is 0.169. The first-order valence-corrected chi connectivity index (χ1v) is 5.30. The summed E-state index contributed by atoms with van der Waals surface area (Å²) in [4.78, 5) is 11.6. The average Bonchev–Trinajstić information content (AvgIpc) is 2.26. The predicted molar refractivity (Wildman–Crippen MR) is 60.3 cm³/mol. The molecule has 0 aliphatic rings. The molecule has 3 N–H and O–H groups in total. The van der Waals surface area contributed by atoms with Gasteiger partial charge in [-0.15, -0.1) is 0 Å². The fraction of sp³-hybridized carbons (Fsp3) is 0.300.